The summed E-state index contributed by atoms with van der Waals surface area (Å²) in [6.45, 7) is 2.08. The Balaban J connectivity index is 1.84. The van der Waals surface area contributed by atoms with E-state index in [4.69, 9.17) is 21.3 Å². The molecule has 174 valence electrons. The van der Waals surface area contributed by atoms with Crippen molar-refractivity contribution < 1.29 is 14.6 Å². The van der Waals surface area contributed by atoms with E-state index in [0.29, 0.717) is 29.4 Å². The van der Waals surface area contributed by atoms with Gasteiger partial charge in [-0.05, 0) is 55.7 Å². The van der Waals surface area contributed by atoms with Gasteiger partial charge in [-0.25, -0.2) is 4.98 Å². The highest BCUT2D eigenvalue weighted by Crippen LogP contribution is 2.33. The smallest absolute Gasteiger partial charge is 0.272 e. The van der Waals surface area contributed by atoms with Gasteiger partial charge in [0.25, 0.3) is 5.91 Å². The molecule has 6 nitrogen and oxygen atoms in total. The van der Waals surface area contributed by atoms with Crippen LogP contribution in [0.5, 0.6) is 5.75 Å². The maximum Gasteiger partial charge on any atom is 0.272 e. The van der Waals surface area contributed by atoms with Gasteiger partial charge in [-0.15, -0.1) is 0 Å². The molecule has 1 saturated carbocycles. The highest BCUT2D eigenvalue weighted by atomic mass is 35.5. The van der Waals surface area contributed by atoms with Crippen LogP contribution in [-0.4, -0.2) is 39.8 Å². The lowest BCUT2D eigenvalue weighted by Gasteiger charge is -2.28. The van der Waals surface area contributed by atoms with Gasteiger partial charge in [-0.3, -0.25) is 9.36 Å². The van der Waals surface area contributed by atoms with Crippen LogP contribution in [-0.2, 0) is 6.42 Å². The van der Waals surface area contributed by atoms with Crippen molar-refractivity contribution in [2.75, 3.05) is 7.11 Å². The van der Waals surface area contributed by atoms with Crippen LogP contribution in [0.1, 0.15) is 55.2 Å². The monoisotopic (exact) mass is 467 g/mol. The minimum Gasteiger partial charge on any atom is -0.497 e. The number of nitrogens with zero attached hydrogens (tertiary/aromatic N) is 2. The second-order valence-corrected chi connectivity index (χ2v) is 8.83. The van der Waals surface area contributed by atoms with Crippen molar-refractivity contribution in [1.82, 2.24) is 14.9 Å². The fourth-order valence-corrected chi connectivity index (χ4v) is 4.67. The van der Waals surface area contributed by atoms with E-state index < -0.39 is 6.10 Å². The Hall–Kier alpha value is -2.83. The summed E-state index contributed by atoms with van der Waals surface area (Å²) in [7, 11) is 1.63. The van der Waals surface area contributed by atoms with Gasteiger partial charge in [0.1, 0.15) is 17.3 Å². The van der Waals surface area contributed by atoms with Crippen LogP contribution in [0.3, 0.4) is 0 Å². The number of rotatable bonds is 7. The van der Waals surface area contributed by atoms with Crippen LogP contribution in [0.15, 0.2) is 48.5 Å². The quantitative estimate of drug-likeness (QED) is 0.501. The van der Waals surface area contributed by atoms with E-state index >= 15 is 0 Å². The lowest BCUT2D eigenvalue weighted by Crippen LogP contribution is -2.45. The van der Waals surface area contributed by atoms with Crippen LogP contribution in [0.2, 0.25) is 5.02 Å². The summed E-state index contributed by atoms with van der Waals surface area (Å²) in [4.78, 5) is 18.2. The van der Waals surface area contributed by atoms with Crippen molar-refractivity contribution in [3.05, 3.63) is 64.9 Å². The highest BCUT2D eigenvalue weighted by molar-refractivity contribution is 6.33. The molecule has 2 N–H and O–H groups in total. The Bertz CT molecular complexity index is 1110. The predicted octanol–water partition coefficient (Wildman–Crippen LogP) is 5.19. The summed E-state index contributed by atoms with van der Waals surface area (Å²) in [5.41, 5.74) is 2.82. The van der Waals surface area contributed by atoms with Crippen molar-refractivity contribution in [1.29, 1.82) is 0 Å². The first-order valence-corrected chi connectivity index (χ1v) is 11.9. The standard InChI is InChI=1S/C26H30ClN3O3/c1-3-8-22-24(26(32)28-21-11-6-7-12-23(21)31)29-25(19-9-4-5-10-20(19)27)30(22)17-13-15-18(33-2)16-14-17/h4-5,9-10,13-16,21,23,31H,3,6-8,11-12H2,1-2H3,(H,28,32)/t21-,23-/m0/s1. The number of imidazole rings is 1. The summed E-state index contributed by atoms with van der Waals surface area (Å²) in [5, 5.41) is 14.0. The number of halogens is 1. The van der Waals surface area contributed by atoms with E-state index in [1.807, 2.05) is 53.1 Å². The van der Waals surface area contributed by atoms with Gasteiger partial charge in [0.15, 0.2) is 0 Å². The Kier molecular flexibility index (Phi) is 7.36. The maximum absolute atomic E-state index is 13.4. The molecule has 3 aromatic rings. The number of amides is 1. The van der Waals surface area contributed by atoms with Crippen LogP contribution in [0.4, 0.5) is 0 Å². The van der Waals surface area contributed by atoms with E-state index in [-0.39, 0.29) is 11.9 Å². The number of carbonyl (C=O) groups excluding carboxylic acids is 1. The second kappa shape index (κ2) is 10.4. The molecule has 2 atom stereocenters. The lowest BCUT2D eigenvalue weighted by atomic mass is 9.92. The number of nitrogens with one attached hydrogen (secondary N) is 1. The zero-order valence-electron chi connectivity index (χ0n) is 19.1. The van der Waals surface area contributed by atoms with Crippen LogP contribution >= 0.6 is 11.6 Å². The molecule has 0 bridgehead atoms. The summed E-state index contributed by atoms with van der Waals surface area (Å²) in [6, 6.07) is 14.9. The minimum atomic E-state index is -0.524. The van der Waals surface area contributed by atoms with Crippen molar-refractivity contribution in [2.24, 2.45) is 0 Å². The van der Waals surface area contributed by atoms with Gasteiger partial charge in [0.2, 0.25) is 0 Å². The number of hydrogen-bond donors (Lipinski definition) is 2. The third-order valence-corrected chi connectivity index (χ3v) is 6.50. The molecule has 1 amide bonds. The topological polar surface area (TPSA) is 76.4 Å². The molecule has 0 radical (unpaired) electrons. The molecule has 1 aromatic heterocycles. The zero-order valence-corrected chi connectivity index (χ0v) is 19.8. The normalized spacial score (nSPS) is 18.2. The number of hydrogen-bond acceptors (Lipinski definition) is 4. The third kappa shape index (κ3) is 4.92. The van der Waals surface area contributed by atoms with Crippen LogP contribution in [0.25, 0.3) is 17.1 Å². The summed E-state index contributed by atoms with van der Waals surface area (Å²) < 4.78 is 7.33. The average Bonchev–Trinajstić information content (AvgIpc) is 3.20. The SMILES string of the molecule is CCCc1c(C(=O)N[C@H]2CCCC[C@@H]2O)nc(-c2ccccc2Cl)n1-c1ccc(OC)cc1. The summed E-state index contributed by atoms with van der Waals surface area (Å²) in [5.74, 6) is 1.10. The fourth-order valence-electron chi connectivity index (χ4n) is 4.45. The molecule has 1 aliphatic carbocycles. The van der Waals surface area contributed by atoms with Crippen molar-refractivity contribution in [3.8, 4) is 22.8 Å². The maximum atomic E-state index is 13.4. The Morgan fingerprint density at radius 3 is 2.58 bits per heavy atom. The molecular formula is C26H30ClN3O3. The number of carbonyl (C=O) groups is 1. The minimum absolute atomic E-state index is 0.254. The van der Waals surface area contributed by atoms with Gasteiger partial charge in [-0.2, -0.15) is 0 Å². The van der Waals surface area contributed by atoms with Gasteiger partial charge in [0.05, 0.1) is 30.0 Å². The largest absolute Gasteiger partial charge is 0.497 e. The van der Waals surface area contributed by atoms with E-state index in [9.17, 15) is 9.90 Å². The summed E-state index contributed by atoms with van der Waals surface area (Å²) >= 11 is 6.55. The number of methoxy groups -OCH3 is 1. The molecule has 1 heterocycles. The molecule has 0 aliphatic heterocycles. The second-order valence-electron chi connectivity index (χ2n) is 8.43. The molecule has 0 spiro atoms. The van der Waals surface area contributed by atoms with Crippen molar-refractivity contribution in [3.63, 3.8) is 0 Å². The number of aromatic nitrogens is 2. The van der Waals surface area contributed by atoms with Crippen molar-refractivity contribution in [2.45, 2.75) is 57.6 Å². The van der Waals surface area contributed by atoms with Gasteiger partial charge >= 0.3 is 0 Å². The van der Waals surface area contributed by atoms with Crippen LogP contribution < -0.4 is 10.1 Å². The molecule has 0 unspecified atom stereocenters. The molecule has 4 rings (SSSR count). The molecule has 33 heavy (non-hydrogen) atoms. The van der Waals surface area contributed by atoms with Crippen LogP contribution in [0, 0.1) is 0 Å². The Labute approximate surface area is 199 Å². The molecule has 1 aliphatic rings. The molecule has 1 fully saturated rings. The number of aliphatic hydroxyl groups excluding tert-OH is 1. The molecular weight excluding hydrogens is 438 g/mol. The number of benzene rings is 2. The lowest BCUT2D eigenvalue weighted by molar-refractivity contribution is 0.0713. The Morgan fingerprint density at radius 1 is 1.18 bits per heavy atom. The number of aliphatic hydroxyl groups is 1. The predicted molar refractivity (Wildman–Crippen MR) is 130 cm³/mol. The Morgan fingerprint density at radius 2 is 1.91 bits per heavy atom. The van der Waals surface area contributed by atoms with E-state index in [2.05, 4.69) is 12.2 Å². The zero-order chi connectivity index (χ0) is 23.4. The first kappa shape index (κ1) is 23.3. The number of ether oxygens (including phenoxy) is 1. The van der Waals surface area contributed by atoms with Gasteiger partial charge in [0, 0.05) is 11.3 Å². The first-order chi connectivity index (χ1) is 16.0. The summed E-state index contributed by atoms with van der Waals surface area (Å²) in [6.07, 6.45) is 4.44. The molecule has 7 heteroatoms. The molecule has 0 saturated heterocycles. The average molecular weight is 468 g/mol. The van der Waals surface area contributed by atoms with Crippen molar-refractivity contribution >= 4 is 17.5 Å². The highest BCUT2D eigenvalue weighted by Gasteiger charge is 2.29. The van der Waals surface area contributed by atoms with Gasteiger partial charge in [-0.1, -0.05) is 49.9 Å². The van der Waals surface area contributed by atoms with E-state index in [0.717, 1.165) is 48.4 Å². The molecule has 2 aromatic carbocycles. The van der Waals surface area contributed by atoms with E-state index in [1.54, 1.807) is 7.11 Å². The first-order valence-electron chi connectivity index (χ1n) is 11.5. The third-order valence-electron chi connectivity index (χ3n) is 6.17. The van der Waals surface area contributed by atoms with Gasteiger partial charge < -0.3 is 15.2 Å². The fraction of sp³-hybridized carbons (Fsp3) is 0.385. The van der Waals surface area contributed by atoms with E-state index in [1.165, 1.54) is 0 Å².